The highest BCUT2D eigenvalue weighted by atomic mass is 32.1. The first-order valence-corrected chi connectivity index (χ1v) is 5.60. The van der Waals surface area contributed by atoms with E-state index in [0.717, 1.165) is 17.8 Å². The number of nitrogens with two attached hydrogens (primary N) is 1. The van der Waals surface area contributed by atoms with E-state index in [1.807, 2.05) is 24.0 Å². The van der Waals surface area contributed by atoms with Gasteiger partial charge in [0.25, 0.3) is 5.91 Å². The maximum atomic E-state index is 11.9. The number of carbonyl (C=O) groups is 1. The Kier molecular flexibility index (Phi) is 2.56. The van der Waals surface area contributed by atoms with Crippen LogP contribution >= 0.6 is 11.3 Å². The molecule has 0 spiro atoms. The highest BCUT2D eigenvalue weighted by Gasteiger charge is 2.24. The Balaban J connectivity index is 2.09. The van der Waals surface area contributed by atoms with Crippen LogP contribution in [0.2, 0.25) is 0 Å². The molecule has 0 aromatic carbocycles. The van der Waals surface area contributed by atoms with Gasteiger partial charge in [0.2, 0.25) is 0 Å². The first kappa shape index (κ1) is 9.68. The van der Waals surface area contributed by atoms with Gasteiger partial charge in [-0.25, -0.2) is 0 Å². The number of thiophene rings is 1. The van der Waals surface area contributed by atoms with Crippen molar-refractivity contribution in [2.24, 2.45) is 5.73 Å². The Labute approximate surface area is 87.5 Å². The molecule has 1 atom stereocenters. The molecule has 14 heavy (non-hydrogen) atoms. The molecule has 0 bridgehead atoms. The number of nitrogens with zero attached hydrogens (tertiary/aromatic N) is 1. The third kappa shape index (κ3) is 1.81. The van der Waals surface area contributed by atoms with Gasteiger partial charge >= 0.3 is 0 Å². The summed E-state index contributed by atoms with van der Waals surface area (Å²) in [5, 5.41) is 0. The lowest BCUT2D eigenvalue weighted by Gasteiger charge is -2.13. The quantitative estimate of drug-likeness (QED) is 0.757. The van der Waals surface area contributed by atoms with Crippen molar-refractivity contribution >= 4 is 17.2 Å². The summed E-state index contributed by atoms with van der Waals surface area (Å²) in [5.74, 6) is 0.135. The minimum Gasteiger partial charge on any atom is -0.336 e. The average Bonchev–Trinajstić information content (AvgIpc) is 2.73. The number of aryl methyl sites for hydroxylation is 1. The third-order valence-electron chi connectivity index (χ3n) is 2.46. The molecule has 1 saturated heterocycles. The SMILES string of the molecule is Cc1ccc(C(=O)N2CC[C@H](N)C2)s1. The first-order chi connectivity index (χ1) is 6.66. The molecule has 1 aromatic rings. The van der Waals surface area contributed by atoms with Gasteiger partial charge in [-0.3, -0.25) is 4.79 Å². The van der Waals surface area contributed by atoms with Crippen molar-refractivity contribution < 1.29 is 4.79 Å². The summed E-state index contributed by atoms with van der Waals surface area (Å²) in [5.41, 5.74) is 5.76. The zero-order valence-electron chi connectivity index (χ0n) is 8.19. The normalized spacial score (nSPS) is 21.6. The number of hydrogen-bond acceptors (Lipinski definition) is 3. The monoisotopic (exact) mass is 210 g/mol. The van der Waals surface area contributed by atoms with Crippen molar-refractivity contribution in [2.45, 2.75) is 19.4 Å². The van der Waals surface area contributed by atoms with Crippen molar-refractivity contribution in [3.63, 3.8) is 0 Å². The summed E-state index contributed by atoms with van der Waals surface area (Å²) >= 11 is 1.55. The summed E-state index contributed by atoms with van der Waals surface area (Å²) in [6, 6.07) is 4.04. The Morgan fingerprint density at radius 3 is 2.93 bits per heavy atom. The molecule has 1 aromatic heterocycles. The molecule has 1 aliphatic heterocycles. The van der Waals surface area contributed by atoms with Crippen molar-refractivity contribution in [3.05, 3.63) is 21.9 Å². The molecule has 1 aliphatic rings. The molecule has 0 unspecified atom stereocenters. The standard InChI is InChI=1S/C10H14N2OS/c1-7-2-3-9(14-7)10(13)12-5-4-8(11)6-12/h2-3,8H,4-6,11H2,1H3/t8-/m0/s1. The molecule has 0 radical (unpaired) electrons. The molecular formula is C10H14N2OS. The van der Waals surface area contributed by atoms with Gasteiger partial charge in [0.15, 0.2) is 0 Å². The van der Waals surface area contributed by atoms with Crippen LogP contribution in [0.3, 0.4) is 0 Å². The van der Waals surface area contributed by atoms with E-state index in [-0.39, 0.29) is 11.9 Å². The smallest absolute Gasteiger partial charge is 0.263 e. The van der Waals surface area contributed by atoms with Crippen LogP contribution in [-0.4, -0.2) is 29.9 Å². The highest BCUT2D eigenvalue weighted by molar-refractivity contribution is 7.13. The second kappa shape index (κ2) is 3.71. The molecule has 0 aliphatic carbocycles. The molecule has 1 amide bonds. The molecule has 2 rings (SSSR count). The summed E-state index contributed by atoms with van der Waals surface area (Å²) in [4.78, 5) is 15.7. The third-order valence-corrected chi connectivity index (χ3v) is 3.45. The average molecular weight is 210 g/mol. The van der Waals surface area contributed by atoms with Gasteiger partial charge in [0, 0.05) is 24.0 Å². The van der Waals surface area contributed by atoms with Gasteiger partial charge in [0.1, 0.15) is 0 Å². The van der Waals surface area contributed by atoms with Crippen LogP contribution in [0.15, 0.2) is 12.1 Å². The van der Waals surface area contributed by atoms with Crippen molar-refractivity contribution in [1.82, 2.24) is 4.90 Å². The second-order valence-corrected chi connectivity index (χ2v) is 5.00. The topological polar surface area (TPSA) is 46.3 Å². The van der Waals surface area contributed by atoms with Gasteiger partial charge in [0.05, 0.1) is 4.88 Å². The van der Waals surface area contributed by atoms with Crippen LogP contribution in [0.4, 0.5) is 0 Å². The van der Waals surface area contributed by atoms with Gasteiger partial charge in [-0.15, -0.1) is 11.3 Å². The van der Waals surface area contributed by atoms with Crippen LogP contribution in [0.25, 0.3) is 0 Å². The molecule has 1 fully saturated rings. The Bertz CT molecular complexity index is 348. The number of rotatable bonds is 1. The van der Waals surface area contributed by atoms with Crippen LogP contribution in [0.5, 0.6) is 0 Å². The number of carbonyl (C=O) groups excluding carboxylic acids is 1. The zero-order chi connectivity index (χ0) is 10.1. The van der Waals surface area contributed by atoms with Crippen LogP contribution in [-0.2, 0) is 0 Å². The van der Waals surface area contributed by atoms with Gasteiger partial charge in [-0.05, 0) is 25.5 Å². The van der Waals surface area contributed by atoms with E-state index in [9.17, 15) is 4.79 Å². The van der Waals surface area contributed by atoms with E-state index >= 15 is 0 Å². The highest BCUT2D eigenvalue weighted by Crippen LogP contribution is 2.19. The number of likely N-dealkylation sites (tertiary alicyclic amines) is 1. The second-order valence-electron chi connectivity index (χ2n) is 3.71. The minimum absolute atomic E-state index is 0.135. The minimum atomic E-state index is 0.135. The van der Waals surface area contributed by atoms with E-state index in [4.69, 9.17) is 5.73 Å². The van der Waals surface area contributed by atoms with Crippen molar-refractivity contribution in [3.8, 4) is 0 Å². The van der Waals surface area contributed by atoms with Crippen molar-refractivity contribution in [1.29, 1.82) is 0 Å². The molecule has 3 nitrogen and oxygen atoms in total. The molecule has 76 valence electrons. The van der Waals surface area contributed by atoms with Gasteiger partial charge < -0.3 is 10.6 Å². The number of amides is 1. The van der Waals surface area contributed by atoms with E-state index in [0.29, 0.717) is 6.54 Å². The predicted molar refractivity (Wildman–Crippen MR) is 57.6 cm³/mol. The molecule has 4 heteroatoms. The largest absolute Gasteiger partial charge is 0.336 e. The van der Waals surface area contributed by atoms with E-state index in [1.165, 1.54) is 4.88 Å². The summed E-state index contributed by atoms with van der Waals surface area (Å²) in [7, 11) is 0. The lowest BCUT2D eigenvalue weighted by Crippen LogP contribution is -2.31. The maximum absolute atomic E-state index is 11.9. The first-order valence-electron chi connectivity index (χ1n) is 4.78. The molecule has 2 N–H and O–H groups in total. The molecule has 0 saturated carbocycles. The van der Waals surface area contributed by atoms with E-state index in [1.54, 1.807) is 11.3 Å². The molecule has 2 heterocycles. The van der Waals surface area contributed by atoms with Crippen LogP contribution in [0, 0.1) is 6.92 Å². The Morgan fingerprint density at radius 1 is 1.64 bits per heavy atom. The zero-order valence-corrected chi connectivity index (χ0v) is 9.01. The summed E-state index contributed by atoms with van der Waals surface area (Å²) in [6.45, 7) is 3.52. The van der Waals surface area contributed by atoms with Crippen LogP contribution in [0.1, 0.15) is 21.0 Å². The number of hydrogen-bond donors (Lipinski definition) is 1. The predicted octanol–water partition coefficient (Wildman–Crippen LogP) is 1.23. The maximum Gasteiger partial charge on any atom is 0.263 e. The Morgan fingerprint density at radius 2 is 2.43 bits per heavy atom. The van der Waals surface area contributed by atoms with E-state index in [2.05, 4.69) is 0 Å². The van der Waals surface area contributed by atoms with Crippen molar-refractivity contribution in [2.75, 3.05) is 13.1 Å². The fourth-order valence-electron chi connectivity index (χ4n) is 1.68. The van der Waals surface area contributed by atoms with Gasteiger partial charge in [-0.1, -0.05) is 0 Å². The summed E-state index contributed by atoms with van der Waals surface area (Å²) < 4.78 is 0. The fraction of sp³-hybridized carbons (Fsp3) is 0.500. The lowest BCUT2D eigenvalue weighted by atomic mass is 10.3. The summed E-state index contributed by atoms with van der Waals surface area (Å²) in [6.07, 6.45) is 0.927. The lowest BCUT2D eigenvalue weighted by molar-refractivity contribution is 0.0795. The fourth-order valence-corrected chi connectivity index (χ4v) is 2.51. The Hall–Kier alpha value is -0.870. The van der Waals surface area contributed by atoms with Crippen LogP contribution < -0.4 is 5.73 Å². The molecular weight excluding hydrogens is 196 g/mol. The van der Waals surface area contributed by atoms with Gasteiger partial charge in [-0.2, -0.15) is 0 Å². The van der Waals surface area contributed by atoms with E-state index < -0.39 is 0 Å².